The van der Waals surface area contributed by atoms with Gasteiger partial charge in [-0.2, -0.15) is 0 Å². The van der Waals surface area contributed by atoms with Crippen molar-refractivity contribution < 1.29 is 8.42 Å². The zero-order valence-electron chi connectivity index (χ0n) is 12.5. The van der Waals surface area contributed by atoms with Crippen LogP contribution in [0.5, 0.6) is 0 Å². The molecule has 0 saturated heterocycles. The number of sulfonamides is 1. The number of nitrogens with one attached hydrogen (secondary N) is 2. The molecular weight excluding hydrogens is 276 g/mol. The van der Waals surface area contributed by atoms with Crippen molar-refractivity contribution in [2.45, 2.75) is 31.3 Å². The molecule has 2 N–H and O–H groups in total. The first-order valence-corrected chi connectivity index (χ1v) is 8.21. The minimum Gasteiger partial charge on any atom is -0.383 e. The van der Waals surface area contributed by atoms with Gasteiger partial charge in [0.1, 0.15) is 0 Å². The number of anilines is 1. The molecule has 1 atom stereocenters. The van der Waals surface area contributed by atoms with Crippen molar-refractivity contribution in [2.75, 3.05) is 32.5 Å². The first-order valence-electron chi connectivity index (χ1n) is 6.72. The zero-order valence-corrected chi connectivity index (χ0v) is 13.4. The molecule has 1 aromatic heterocycles. The summed E-state index contributed by atoms with van der Waals surface area (Å²) in [5.74, 6) is 0. The molecule has 0 amide bonds. The molecule has 0 aromatic carbocycles. The maximum absolute atomic E-state index is 12.4. The van der Waals surface area contributed by atoms with Crippen LogP contribution in [0, 0.1) is 0 Å². The number of likely N-dealkylation sites (N-methyl/N-ethyl adjacent to an activating group) is 1. The van der Waals surface area contributed by atoms with E-state index in [0.29, 0.717) is 18.8 Å². The molecule has 1 unspecified atom stereocenters. The Morgan fingerprint density at radius 1 is 1.40 bits per heavy atom. The zero-order chi connectivity index (χ0) is 15.2. The van der Waals surface area contributed by atoms with Crippen molar-refractivity contribution in [3.8, 4) is 0 Å². The van der Waals surface area contributed by atoms with Crippen molar-refractivity contribution in [3.05, 3.63) is 18.3 Å². The van der Waals surface area contributed by atoms with E-state index in [9.17, 15) is 8.42 Å². The molecule has 0 saturated carbocycles. The average Bonchev–Trinajstić information content (AvgIpc) is 2.34. The number of pyridine rings is 1. The van der Waals surface area contributed by atoms with Gasteiger partial charge in [0.2, 0.25) is 0 Å². The number of aromatic nitrogens is 1. The Balaban J connectivity index is 2.91. The van der Waals surface area contributed by atoms with Crippen molar-refractivity contribution in [3.63, 3.8) is 0 Å². The van der Waals surface area contributed by atoms with Gasteiger partial charge in [-0.3, -0.25) is 0 Å². The van der Waals surface area contributed by atoms with E-state index in [1.807, 2.05) is 32.8 Å². The molecule has 0 aliphatic rings. The number of hydrogen-bond donors (Lipinski definition) is 2. The summed E-state index contributed by atoms with van der Waals surface area (Å²) < 4.78 is 27.4. The molecule has 114 valence electrons. The fraction of sp³-hybridized carbons (Fsp3) is 0.615. The van der Waals surface area contributed by atoms with Gasteiger partial charge in [-0.05, 0) is 39.6 Å². The number of hydrogen-bond acceptors (Lipinski definition) is 5. The predicted octanol–water partition coefficient (Wildman–Crippen LogP) is 1.13. The highest BCUT2D eigenvalue weighted by molar-refractivity contribution is 7.89. The topological polar surface area (TPSA) is 74.3 Å². The van der Waals surface area contributed by atoms with E-state index in [-0.39, 0.29) is 11.1 Å². The summed E-state index contributed by atoms with van der Waals surface area (Å²) in [5, 5.41) is 3.15. The second kappa shape index (κ2) is 7.56. The summed E-state index contributed by atoms with van der Waals surface area (Å²) in [4.78, 5) is 5.94. The fourth-order valence-corrected chi connectivity index (χ4v) is 3.25. The first-order chi connectivity index (χ1) is 9.36. The summed E-state index contributed by atoms with van der Waals surface area (Å²) in [6.45, 7) is 5.19. The van der Waals surface area contributed by atoms with Crippen LogP contribution in [0.1, 0.15) is 20.3 Å². The summed E-state index contributed by atoms with van der Waals surface area (Å²) in [5.41, 5.74) is 0.541. The second-order valence-electron chi connectivity index (χ2n) is 5.07. The highest BCUT2D eigenvalue weighted by atomic mass is 32.2. The summed E-state index contributed by atoms with van der Waals surface area (Å²) >= 11 is 0. The molecule has 7 heteroatoms. The van der Waals surface area contributed by atoms with E-state index in [2.05, 4.69) is 15.0 Å². The largest absolute Gasteiger partial charge is 0.383 e. The van der Waals surface area contributed by atoms with Gasteiger partial charge in [0.25, 0.3) is 10.0 Å². The van der Waals surface area contributed by atoms with Gasteiger partial charge in [-0.1, -0.05) is 6.92 Å². The smallest absolute Gasteiger partial charge is 0.260 e. The fourth-order valence-electron chi connectivity index (χ4n) is 1.90. The third-order valence-electron chi connectivity index (χ3n) is 2.59. The molecule has 1 aromatic rings. The predicted molar refractivity (Wildman–Crippen MR) is 81.4 cm³/mol. The van der Waals surface area contributed by atoms with Gasteiger partial charge in [0.05, 0.1) is 5.69 Å². The molecule has 6 nitrogen and oxygen atoms in total. The first kappa shape index (κ1) is 16.9. The summed E-state index contributed by atoms with van der Waals surface area (Å²) in [6, 6.07) is 3.27. The van der Waals surface area contributed by atoms with Gasteiger partial charge in [-0.15, -0.1) is 0 Å². The lowest BCUT2D eigenvalue weighted by atomic mass is 10.3. The lowest BCUT2D eigenvalue weighted by Gasteiger charge is -2.19. The van der Waals surface area contributed by atoms with Crippen molar-refractivity contribution >= 4 is 15.7 Å². The van der Waals surface area contributed by atoms with Crippen LogP contribution in [-0.4, -0.2) is 51.5 Å². The lowest BCUT2D eigenvalue weighted by Crippen LogP contribution is -2.40. The molecular formula is C13H24N4O2S. The van der Waals surface area contributed by atoms with Crippen LogP contribution >= 0.6 is 0 Å². The minimum absolute atomic E-state index is 0.0547. The second-order valence-corrected chi connectivity index (χ2v) is 6.70. The maximum Gasteiger partial charge on any atom is 0.260 e. The Morgan fingerprint density at radius 3 is 2.70 bits per heavy atom. The molecule has 0 radical (unpaired) electrons. The number of rotatable bonds is 8. The van der Waals surface area contributed by atoms with Crippen molar-refractivity contribution in [1.82, 2.24) is 14.6 Å². The monoisotopic (exact) mass is 300 g/mol. The highest BCUT2D eigenvalue weighted by Gasteiger charge is 2.22. The maximum atomic E-state index is 12.4. The molecule has 0 aliphatic carbocycles. The van der Waals surface area contributed by atoms with Gasteiger partial charge in [-0.25, -0.2) is 18.1 Å². The van der Waals surface area contributed by atoms with E-state index in [0.717, 1.165) is 6.42 Å². The molecule has 0 spiro atoms. The average molecular weight is 300 g/mol. The summed E-state index contributed by atoms with van der Waals surface area (Å²) in [7, 11) is 0.189. The van der Waals surface area contributed by atoms with Crippen LogP contribution in [-0.2, 0) is 10.0 Å². The lowest BCUT2D eigenvalue weighted by molar-refractivity contribution is 0.370. The Bertz CT molecular complexity index is 517. The molecule has 20 heavy (non-hydrogen) atoms. The van der Waals surface area contributed by atoms with E-state index in [4.69, 9.17) is 0 Å². The third-order valence-corrected chi connectivity index (χ3v) is 4.13. The van der Waals surface area contributed by atoms with Crippen LogP contribution in [0.3, 0.4) is 0 Å². The Hall–Kier alpha value is -1.18. The van der Waals surface area contributed by atoms with Gasteiger partial charge in [0.15, 0.2) is 5.03 Å². The quantitative estimate of drug-likeness (QED) is 0.753. The Kier molecular flexibility index (Phi) is 6.38. The molecule has 1 rings (SSSR count). The SMILES string of the molecule is CCCNc1cccnc1S(=O)(=O)NC(C)CN(C)C. The summed E-state index contributed by atoms with van der Waals surface area (Å²) in [6.07, 6.45) is 2.40. The van der Waals surface area contributed by atoms with E-state index in [1.165, 1.54) is 6.20 Å². The molecule has 0 fully saturated rings. The highest BCUT2D eigenvalue weighted by Crippen LogP contribution is 2.18. The van der Waals surface area contributed by atoms with E-state index < -0.39 is 10.0 Å². The Morgan fingerprint density at radius 2 is 2.10 bits per heavy atom. The van der Waals surface area contributed by atoms with Gasteiger partial charge in [0, 0.05) is 25.3 Å². The van der Waals surface area contributed by atoms with Crippen LogP contribution < -0.4 is 10.0 Å². The van der Waals surface area contributed by atoms with Gasteiger partial charge >= 0.3 is 0 Å². The van der Waals surface area contributed by atoms with E-state index >= 15 is 0 Å². The molecule has 0 bridgehead atoms. The third kappa shape index (κ3) is 5.07. The van der Waals surface area contributed by atoms with Crippen molar-refractivity contribution in [1.29, 1.82) is 0 Å². The molecule has 1 heterocycles. The molecule has 0 aliphatic heterocycles. The Labute approximate surface area is 121 Å². The van der Waals surface area contributed by atoms with Crippen LogP contribution in [0.25, 0.3) is 0 Å². The van der Waals surface area contributed by atoms with E-state index in [1.54, 1.807) is 12.1 Å². The van der Waals surface area contributed by atoms with Gasteiger partial charge < -0.3 is 10.2 Å². The van der Waals surface area contributed by atoms with Crippen LogP contribution in [0.2, 0.25) is 0 Å². The normalized spacial score (nSPS) is 13.4. The van der Waals surface area contributed by atoms with Crippen LogP contribution in [0.15, 0.2) is 23.4 Å². The number of nitrogens with zero attached hydrogens (tertiary/aromatic N) is 2. The standard InChI is InChI=1S/C13H24N4O2S/c1-5-8-14-12-7-6-9-15-13(12)20(18,19)16-11(2)10-17(3)4/h6-7,9,11,14,16H,5,8,10H2,1-4H3. The minimum atomic E-state index is -3.62. The van der Waals surface area contributed by atoms with Crippen molar-refractivity contribution in [2.24, 2.45) is 0 Å². The van der Waals surface area contributed by atoms with Crippen LogP contribution in [0.4, 0.5) is 5.69 Å².